The van der Waals surface area contributed by atoms with E-state index in [1.807, 2.05) is 0 Å². The zero-order valence-electron chi connectivity index (χ0n) is 15.4. The third-order valence-electron chi connectivity index (χ3n) is 5.89. The number of halogens is 2. The molecule has 0 amide bonds. The van der Waals surface area contributed by atoms with Gasteiger partial charge in [0.2, 0.25) is 0 Å². The van der Waals surface area contributed by atoms with Crippen LogP contribution in [0.1, 0.15) is 46.9 Å². The van der Waals surface area contributed by atoms with Crippen molar-refractivity contribution >= 4 is 29.2 Å². The number of aliphatic hydroxyl groups is 2. The van der Waals surface area contributed by atoms with Crippen LogP contribution in [0, 0.1) is 12.0 Å². The first-order valence-corrected chi connectivity index (χ1v) is 15.6. The summed E-state index contributed by atoms with van der Waals surface area (Å²) in [6.07, 6.45) is 10.0. The number of hydrogen-bond donors (Lipinski definition) is 2. The average Bonchev–Trinajstić information content (AvgIpc) is 3.33. The van der Waals surface area contributed by atoms with Gasteiger partial charge in [-0.15, -0.1) is 6.42 Å². The summed E-state index contributed by atoms with van der Waals surface area (Å²) in [5.41, 5.74) is 4.77. The fraction of sp³-hybridized carbons (Fsp3) is 0.261. The van der Waals surface area contributed by atoms with Crippen LogP contribution >= 0.6 is 17.0 Å². The van der Waals surface area contributed by atoms with Crippen molar-refractivity contribution in [3.05, 3.63) is 89.5 Å². The van der Waals surface area contributed by atoms with Crippen molar-refractivity contribution in [1.82, 2.24) is 0 Å². The monoisotopic (exact) mass is 491 g/mol. The van der Waals surface area contributed by atoms with Gasteiger partial charge in [0.15, 0.2) is 0 Å². The van der Waals surface area contributed by atoms with Gasteiger partial charge in [0.05, 0.1) is 0 Å². The molecule has 28 heavy (non-hydrogen) atoms. The summed E-state index contributed by atoms with van der Waals surface area (Å²) in [6, 6.07) is 16.9. The normalized spacial score (nSPS) is 20.7. The summed E-state index contributed by atoms with van der Waals surface area (Å²) >= 11 is -0.826. The van der Waals surface area contributed by atoms with E-state index in [0.717, 1.165) is 0 Å². The van der Waals surface area contributed by atoms with E-state index in [2.05, 4.69) is 72.8 Å². The van der Waals surface area contributed by atoms with Crippen molar-refractivity contribution in [2.24, 2.45) is 5.41 Å². The molecule has 2 N–H and O–H groups in total. The molecule has 5 heteroatoms. The average molecular weight is 494 g/mol. The molecule has 0 bridgehead atoms. The van der Waals surface area contributed by atoms with Crippen LogP contribution < -0.4 is 0 Å². The predicted octanol–water partition coefficient (Wildman–Crippen LogP) is 6.28. The SMILES string of the molecule is O[CH-]CC(CCO)(C1C=Cc2ccccc21)C1C=Cc2ccccc21.[Cl][Zr][Cl]. The Balaban J connectivity index is 0.000000706. The zero-order chi connectivity index (χ0) is 20.0. The first-order chi connectivity index (χ1) is 13.7. The summed E-state index contributed by atoms with van der Waals surface area (Å²) in [6.45, 7) is 1.38. The number of benzene rings is 2. The van der Waals surface area contributed by atoms with Crippen molar-refractivity contribution in [3.63, 3.8) is 0 Å². The third kappa shape index (κ3) is 4.25. The Kier molecular flexibility index (Phi) is 8.15. The molecule has 2 nitrogen and oxygen atoms in total. The zero-order valence-corrected chi connectivity index (χ0v) is 19.4. The summed E-state index contributed by atoms with van der Waals surface area (Å²) in [5.74, 6) is 0.333. The minimum absolute atomic E-state index is 0.104. The molecule has 0 saturated carbocycles. The van der Waals surface area contributed by atoms with Crippen LogP contribution in [0.25, 0.3) is 12.2 Å². The van der Waals surface area contributed by atoms with Gasteiger partial charge >= 0.3 is 37.9 Å². The first kappa shape index (κ1) is 22.0. The molecule has 0 aromatic heterocycles. The topological polar surface area (TPSA) is 40.5 Å². The van der Waals surface area contributed by atoms with Crippen LogP contribution in [-0.2, 0) is 20.8 Å². The molecular weight excluding hydrogens is 470 g/mol. The molecule has 2 aliphatic rings. The van der Waals surface area contributed by atoms with E-state index in [4.69, 9.17) is 17.0 Å². The Morgan fingerprint density at radius 1 is 0.893 bits per heavy atom. The van der Waals surface area contributed by atoms with Gasteiger partial charge in [-0.2, -0.15) is 0 Å². The molecular formula is C23H23Cl2O2Zr-. The second kappa shape index (κ2) is 10.4. The van der Waals surface area contributed by atoms with E-state index < -0.39 is 20.8 Å². The molecule has 146 valence electrons. The van der Waals surface area contributed by atoms with Gasteiger partial charge < -0.3 is 10.2 Å². The van der Waals surface area contributed by atoms with Gasteiger partial charge in [-0.25, -0.2) is 6.61 Å². The molecule has 2 unspecified atom stereocenters. The van der Waals surface area contributed by atoms with Gasteiger partial charge in [-0.3, -0.25) is 0 Å². The Morgan fingerprint density at radius 2 is 1.36 bits per heavy atom. The molecule has 2 aliphatic carbocycles. The Morgan fingerprint density at radius 3 is 1.79 bits per heavy atom. The quantitative estimate of drug-likeness (QED) is 0.465. The molecule has 0 spiro atoms. The fourth-order valence-electron chi connectivity index (χ4n) is 4.74. The van der Waals surface area contributed by atoms with Gasteiger partial charge in [-0.1, -0.05) is 72.8 Å². The molecule has 0 fully saturated rings. The van der Waals surface area contributed by atoms with Crippen molar-refractivity contribution in [1.29, 1.82) is 0 Å². The molecule has 0 heterocycles. The van der Waals surface area contributed by atoms with E-state index in [1.165, 1.54) is 28.9 Å². The van der Waals surface area contributed by atoms with Crippen LogP contribution in [0.4, 0.5) is 0 Å². The van der Waals surface area contributed by atoms with Crippen molar-refractivity contribution < 1.29 is 31.1 Å². The fourth-order valence-corrected chi connectivity index (χ4v) is 4.74. The van der Waals surface area contributed by atoms with E-state index in [0.29, 0.717) is 12.8 Å². The summed E-state index contributed by atoms with van der Waals surface area (Å²) < 4.78 is 0. The van der Waals surface area contributed by atoms with Crippen LogP contribution in [-0.4, -0.2) is 16.8 Å². The summed E-state index contributed by atoms with van der Waals surface area (Å²) in [4.78, 5) is 0. The van der Waals surface area contributed by atoms with Crippen LogP contribution in [0.2, 0.25) is 0 Å². The second-order valence-corrected chi connectivity index (χ2v) is 10.8. The first-order valence-electron chi connectivity index (χ1n) is 9.29. The maximum absolute atomic E-state index is 9.90. The van der Waals surface area contributed by atoms with Crippen molar-refractivity contribution in [2.45, 2.75) is 24.7 Å². The maximum atomic E-state index is 9.90. The van der Waals surface area contributed by atoms with E-state index >= 15 is 0 Å². The summed E-state index contributed by atoms with van der Waals surface area (Å²) in [7, 11) is 9.87. The minimum atomic E-state index is -0.826. The third-order valence-corrected chi connectivity index (χ3v) is 5.89. The number of rotatable bonds is 6. The Hall–Kier alpha value is -0.697. The van der Waals surface area contributed by atoms with Crippen LogP contribution in [0.15, 0.2) is 60.7 Å². The number of aliphatic hydroxyl groups excluding tert-OH is 2. The van der Waals surface area contributed by atoms with E-state index in [9.17, 15) is 10.2 Å². The van der Waals surface area contributed by atoms with Crippen molar-refractivity contribution in [3.8, 4) is 0 Å². The number of fused-ring (bicyclic) bond motifs is 2. The van der Waals surface area contributed by atoms with Crippen molar-refractivity contribution in [2.75, 3.05) is 6.61 Å². The molecule has 4 rings (SSSR count). The molecule has 0 saturated heterocycles. The van der Waals surface area contributed by atoms with Crippen LogP contribution in [0.5, 0.6) is 0 Å². The Labute approximate surface area is 185 Å². The molecule has 0 radical (unpaired) electrons. The van der Waals surface area contributed by atoms with Gasteiger partial charge in [0.1, 0.15) is 0 Å². The van der Waals surface area contributed by atoms with E-state index in [-0.39, 0.29) is 23.9 Å². The van der Waals surface area contributed by atoms with Gasteiger partial charge in [-0.05, 0) is 34.1 Å². The standard InChI is InChI=1S/C23H23O2.2ClH.Zr/c24-15-13-23(14-16-25,21-11-9-17-5-1-3-7-19(17)21)22-12-10-18-6-2-4-8-20(18)22;;;/h1-12,15,21-22,24-25H,13-14,16H2;2*1H;/q-1;;;+2/p-2. The molecule has 2 aromatic carbocycles. The second-order valence-electron chi connectivity index (χ2n) is 7.10. The van der Waals surface area contributed by atoms with Gasteiger partial charge in [0.25, 0.3) is 0 Å². The van der Waals surface area contributed by atoms with E-state index in [1.54, 1.807) is 0 Å². The summed E-state index contributed by atoms with van der Waals surface area (Å²) in [5, 5.41) is 19.7. The molecule has 0 aliphatic heterocycles. The van der Waals surface area contributed by atoms with Gasteiger partial charge in [0, 0.05) is 18.4 Å². The number of allylic oxidation sites excluding steroid dienone is 2. The predicted molar refractivity (Wildman–Crippen MR) is 113 cm³/mol. The molecule has 2 aromatic rings. The molecule has 2 atom stereocenters. The number of hydrogen-bond acceptors (Lipinski definition) is 2. The Bertz CT molecular complexity index is 781. The van der Waals surface area contributed by atoms with Crippen LogP contribution in [0.3, 0.4) is 0 Å².